The Bertz CT molecular complexity index is 1070. The predicted octanol–water partition coefficient (Wildman–Crippen LogP) is 4.70. The minimum atomic E-state index is 0.129. The number of para-hydroxylation sites is 1. The van der Waals surface area contributed by atoms with Gasteiger partial charge in [0.15, 0.2) is 5.69 Å². The maximum Gasteiger partial charge on any atom is 0.275 e. The molecule has 1 fully saturated rings. The lowest BCUT2D eigenvalue weighted by Crippen LogP contribution is -2.44. The van der Waals surface area contributed by atoms with Crippen LogP contribution in [0.15, 0.2) is 24.3 Å². The Balaban J connectivity index is 1.44. The van der Waals surface area contributed by atoms with Crippen LogP contribution in [0.4, 0.5) is 0 Å². The van der Waals surface area contributed by atoms with Crippen LogP contribution in [0.25, 0.3) is 10.9 Å². The summed E-state index contributed by atoms with van der Waals surface area (Å²) in [6.07, 6.45) is 10.3. The molecule has 3 heterocycles. The number of carbonyl (C=O) groups excluding carboxylic acids is 1. The number of nitrogens with one attached hydrogen (secondary N) is 2. The molecule has 29 heavy (non-hydrogen) atoms. The van der Waals surface area contributed by atoms with Crippen LogP contribution in [0.1, 0.15) is 77.6 Å². The lowest BCUT2D eigenvalue weighted by Gasteiger charge is -2.41. The number of H-pyrrole nitrogens is 2. The fraction of sp³-hybridized carbons (Fsp3) is 0.500. The second-order valence-electron chi connectivity index (χ2n) is 9.04. The van der Waals surface area contributed by atoms with Gasteiger partial charge in [0.2, 0.25) is 0 Å². The summed E-state index contributed by atoms with van der Waals surface area (Å²) in [4.78, 5) is 19.6. The molecule has 0 saturated heterocycles. The number of amides is 1. The Morgan fingerprint density at radius 3 is 2.76 bits per heavy atom. The highest BCUT2D eigenvalue weighted by Gasteiger charge is 2.40. The number of hydrogen-bond acceptors (Lipinski definition) is 2. The van der Waals surface area contributed by atoms with E-state index in [0.29, 0.717) is 11.6 Å². The third kappa shape index (κ3) is 2.66. The number of rotatable bonds is 2. The topological polar surface area (TPSA) is 64.8 Å². The molecule has 5 nitrogen and oxygen atoms in total. The van der Waals surface area contributed by atoms with Crippen molar-refractivity contribution in [1.82, 2.24) is 20.1 Å². The maximum absolute atomic E-state index is 13.7. The monoisotopic (exact) mass is 388 g/mol. The second kappa shape index (κ2) is 6.75. The van der Waals surface area contributed by atoms with Crippen LogP contribution in [0.5, 0.6) is 0 Å². The molecule has 3 aromatic rings. The van der Waals surface area contributed by atoms with Crippen LogP contribution in [-0.2, 0) is 19.3 Å². The summed E-state index contributed by atoms with van der Waals surface area (Å²) >= 11 is 0. The fourth-order valence-corrected chi connectivity index (χ4v) is 6.07. The van der Waals surface area contributed by atoms with Crippen molar-refractivity contribution < 1.29 is 4.79 Å². The summed E-state index contributed by atoms with van der Waals surface area (Å²) in [5.74, 6) is 0.663. The molecule has 0 radical (unpaired) electrons. The quantitative estimate of drug-likeness (QED) is 0.668. The minimum Gasteiger partial charge on any atom is -0.356 e. The number of aromatic amines is 2. The molecule has 2 N–H and O–H groups in total. The molecule has 1 aliphatic heterocycles. The van der Waals surface area contributed by atoms with Gasteiger partial charge in [0.25, 0.3) is 5.91 Å². The van der Waals surface area contributed by atoms with Gasteiger partial charge >= 0.3 is 0 Å². The van der Waals surface area contributed by atoms with Crippen LogP contribution >= 0.6 is 0 Å². The van der Waals surface area contributed by atoms with E-state index in [9.17, 15) is 4.79 Å². The van der Waals surface area contributed by atoms with Gasteiger partial charge in [-0.2, -0.15) is 5.10 Å². The van der Waals surface area contributed by atoms with Crippen LogP contribution in [-0.4, -0.2) is 32.5 Å². The van der Waals surface area contributed by atoms with Crippen molar-refractivity contribution in [3.8, 4) is 0 Å². The third-order valence-corrected chi connectivity index (χ3v) is 7.45. The number of benzene rings is 1. The van der Waals surface area contributed by atoms with Gasteiger partial charge in [0.1, 0.15) is 0 Å². The number of hydrogen-bond donors (Lipinski definition) is 2. The zero-order valence-electron chi connectivity index (χ0n) is 16.8. The first-order valence-electron chi connectivity index (χ1n) is 11.3. The molecule has 2 aromatic heterocycles. The molecule has 150 valence electrons. The van der Waals surface area contributed by atoms with Crippen molar-refractivity contribution >= 4 is 16.8 Å². The molecule has 1 amide bonds. The number of carbonyl (C=O) groups is 1. The molecular weight excluding hydrogens is 360 g/mol. The average molecular weight is 389 g/mol. The molecule has 6 rings (SSSR count). The van der Waals surface area contributed by atoms with E-state index in [1.54, 1.807) is 0 Å². The third-order valence-electron chi connectivity index (χ3n) is 7.45. The Kier molecular flexibility index (Phi) is 4.03. The first-order chi connectivity index (χ1) is 14.3. The van der Waals surface area contributed by atoms with Crippen molar-refractivity contribution in [3.05, 3.63) is 52.5 Å². The van der Waals surface area contributed by atoms with Crippen molar-refractivity contribution in [1.29, 1.82) is 0 Å². The van der Waals surface area contributed by atoms with Gasteiger partial charge < -0.3 is 9.88 Å². The Morgan fingerprint density at radius 1 is 1.00 bits per heavy atom. The maximum atomic E-state index is 13.7. The van der Waals surface area contributed by atoms with Crippen molar-refractivity contribution in [3.63, 3.8) is 0 Å². The smallest absolute Gasteiger partial charge is 0.275 e. The van der Waals surface area contributed by atoms with Crippen LogP contribution in [0.3, 0.4) is 0 Å². The van der Waals surface area contributed by atoms with E-state index < -0.39 is 0 Å². The largest absolute Gasteiger partial charge is 0.356 e. The van der Waals surface area contributed by atoms with E-state index in [4.69, 9.17) is 0 Å². The summed E-state index contributed by atoms with van der Waals surface area (Å²) in [5, 5.41) is 8.93. The molecule has 3 aliphatic rings. The van der Waals surface area contributed by atoms with Crippen molar-refractivity contribution in [2.75, 3.05) is 6.54 Å². The highest BCUT2D eigenvalue weighted by molar-refractivity contribution is 5.95. The van der Waals surface area contributed by atoms with Crippen LogP contribution < -0.4 is 0 Å². The average Bonchev–Trinajstić information content (AvgIpc) is 3.47. The van der Waals surface area contributed by atoms with Gasteiger partial charge in [-0.05, 0) is 56.1 Å². The zero-order chi connectivity index (χ0) is 19.4. The molecule has 1 aromatic carbocycles. The molecule has 0 bridgehead atoms. The molecule has 1 atom stereocenters. The van der Waals surface area contributed by atoms with E-state index in [1.807, 2.05) is 0 Å². The normalized spacial score (nSPS) is 22.1. The van der Waals surface area contributed by atoms with Gasteiger partial charge in [-0.3, -0.25) is 9.89 Å². The number of fused-ring (bicyclic) bond motifs is 4. The Morgan fingerprint density at radius 2 is 1.86 bits per heavy atom. The second-order valence-corrected chi connectivity index (χ2v) is 9.04. The highest BCUT2D eigenvalue weighted by atomic mass is 16.2. The number of nitrogens with zero attached hydrogens (tertiary/aromatic N) is 2. The van der Waals surface area contributed by atoms with Gasteiger partial charge in [-0.25, -0.2) is 0 Å². The van der Waals surface area contributed by atoms with E-state index in [1.165, 1.54) is 65.5 Å². The van der Waals surface area contributed by atoms with E-state index in [2.05, 4.69) is 44.3 Å². The standard InChI is InChI=1S/C24H28N4O/c29-24(22-18-10-6-12-20(18)26-27-22)28-14-13-17-16-9-4-5-11-19(16)25-21(17)23(28)15-7-2-1-3-8-15/h4-5,9,11,15,23,25H,1-3,6-8,10,12-14H2,(H,26,27). The summed E-state index contributed by atoms with van der Waals surface area (Å²) < 4.78 is 0. The molecule has 0 spiro atoms. The fourth-order valence-electron chi connectivity index (χ4n) is 6.07. The van der Waals surface area contributed by atoms with Crippen molar-refractivity contribution in [2.45, 2.75) is 63.8 Å². The highest BCUT2D eigenvalue weighted by Crippen LogP contribution is 2.44. The minimum absolute atomic E-state index is 0.129. The van der Waals surface area contributed by atoms with Gasteiger partial charge in [-0.15, -0.1) is 0 Å². The number of aromatic nitrogens is 3. The molecule has 2 aliphatic carbocycles. The summed E-state index contributed by atoms with van der Waals surface area (Å²) in [7, 11) is 0. The molecular formula is C24H28N4O. The van der Waals surface area contributed by atoms with E-state index in [0.717, 1.165) is 32.2 Å². The van der Waals surface area contributed by atoms with Crippen LogP contribution in [0, 0.1) is 5.92 Å². The van der Waals surface area contributed by atoms with E-state index >= 15 is 0 Å². The Hall–Kier alpha value is -2.56. The Labute approximate surface area is 170 Å². The predicted molar refractivity (Wildman–Crippen MR) is 113 cm³/mol. The lowest BCUT2D eigenvalue weighted by atomic mass is 9.79. The number of aryl methyl sites for hydroxylation is 1. The summed E-state index contributed by atoms with van der Waals surface area (Å²) in [5.41, 5.74) is 6.93. The van der Waals surface area contributed by atoms with E-state index in [-0.39, 0.29) is 11.9 Å². The molecule has 1 unspecified atom stereocenters. The van der Waals surface area contributed by atoms with Gasteiger partial charge in [0, 0.05) is 34.4 Å². The SMILES string of the molecule is O=C(c1n[nH]c2c1CCC2)N1CCc2c([nH]c3ccccc23)C1C1CCCCC1. The van der Waals surface area contributed by atoms with Gasteiger partial charge in [-0.1, -0.05) is 37.5 Å². The van der Waals surface area contributed by atoms with Crippen molar-refractivity contribution in [2.24, 2.45) is 5.92 Å². The summed E-state index contributed by atoms with van der Waals surface area (Å²) in [6.45, 7) is 0.788. The zero-order valence-corrected chi connectivity index (χ0v) is 16.8. The summed E-state index contributed by atoms with van der Waals surface area (Å²) in [6, 6.07) is 8.75. The first kappa shape index (κ1) is 17.3. The van der Waals surface area contributed by atoms with Crippen LogP contribution in [0.2, 0.25) is 0 Å². The lowest BCUT2D eigenvalue weighted by molar-refractivity contribution is 0.0526. The van der Waals surface area contributed by atoms with Gasteiger partial charge in [0.05, 0.1) is 6.04 Å². The molecule has 5 heteroatoms. The molecule has 1 saturated carbocycles. The first-order valence-corrected chi connectivity index (χ1v) is 11.3.